The lowest BCUT2D eigenvalue weighted by atomic mass is 10.1. The lowest BCUT2D eigenvalue weighted by Gasteiger charge is -2.11. The number of fused-ring (bicyclic) bond motifs is 1. The maximum Gasteiger partial charge on any atom is 0.323 e. The van der Waals surface area contributed by atoms with Crippen molar-refractivity contribution >= 4 is 39.0 Å². The Morgan fingerprint density at radius 3 is 2.50 bits per heavy atom. The molecule has 3 aromatic carbocycles. The third kappa shape index (κ3) is 3.89. The van der Waals surface area contributed by atoms with Gasteiger partial charge in [0.15, 0.2) is 0 Å². The highest BCUT2D eigenvalue weighted by molar-refractivity contribution is 7.21. The first-order valence-electron chi connectivity index (χ1n) is 9.26. The second kappa shape index (κ2) is 7.82. The summed E-state index contributed by atoms with van der Waals surface area (Å²) in [6, 6.07) is 21.7. The average molecular weight is 388 g/mol. The fraction of sp³-hybridized carbons (Fsp3) is 0.130. The monoisotopic (exact) mass is 387 g/mol. The highest BCUT2D eigenvalue weighted by atomic mass is 32.1. The number of benzene rings is 3. The zero-order valence-corrected chi connectivity index (χ0v) is 16.6. The molecule has 0 unspecified atom stereocenters. The van der Waals surface area contributed by atoms with Crippen LogP contribution in [0.4, 0.5) is 16.2 Å². The molecule has 0 fully saturated rings. The summed E-state index contributed by atoms with van der Waals surface area (Å²) in [5.41, 5.74) is 5.86. The summed E-state index contributed by atoms with van der Waals surface area (Å²) in [5, 5.41) is 6.78. The number of hydrogen-bond acceptors (Lipinski definition) is 3. The average Bonchev–Trinajstić information content (AvgIpc) is 3.14. The van der Waals surface area contributed by atoms with Crippen molar-refractivity contribution in [1.29, 1.82) is 0 Å². The van der Waals surface area contributed by atoms with Gasteiger partial charge in [-0.3, -0.25) is 0 Å². The molecule has 28 heavy (non-hydrogen) atoms. The number of urea groups is 1. The first-order chi connectivity index (χ1) is 13.6. The number of carbonyl (C=O) groups is 1. The van der Waals surface area contributed by atoms with Crippen LogP contribution in [0.25, 0.3) is 20.8 Å². The van der Waals surface area contributed by atoms with E-state index in [2.05, 4.69) is 29.7 Å². The van der Waals surface area contributed by atoms with Gasteiger partial charge in [-0.1, -0.05) is 31.2 Å². The fourth-order valence-corrected chi connectivity index (χ4v) is 4.00. The van der Waals surface area contributed by atoms with Crippen LogP contribution in [0.3, 0.4) is 0 Å². The van der Waals surface area contributed by atoms with Crippen LogP contribution in [-0.4, -0.2) is 11.0 Å². The van der Waals surface area contributed by atoms with Gasteiger partial charge in [0.05, 0.1) is 10.2 Å². The Hall–Kier alpha value is -3.18. The maximum atomic E-state index is 12.3. The topological polar surface area (TPSA) is 54.0 Å². The number of aryl methyl sites for hydroxylation is 2. The predicted octanol–water partition coefficient (Wildman–Crippen LogP) is 6.48. The zero-order valence-electron chi connectivity index (χ0n) is 15.8. The van der Waals surface area contributed by atoms with Crippen LogP contribution in [0, 0.1) is 6.92 Å². The van der Waals surface area contributed by atoms with E-state index < -0.39 is 0 Å². The molecule has 0 radical (unpaired) electrons. The second-order valence-electron chi connectivity index (χ2n) is 6.65. The highest BCUT2D eigenvalue weighted by Crippen LogP contribution is 2.32. The molecule has 4 rings (SSSR count). The number of para-hydroxylation sites is 1. The Morgan fingerprint density at radius 1 is 1.00 bits per heavy atom. The van der Waals surface area contributed by atoms with E-state index in [0.29, 0.717) is 0 Å². The Labute approximate surface area is 168 Å². The van der Waals surface area contributed by atoms with Crippen molar-refractivity contribution < 1.29 is 4.79 Å². The Kier molecular flexibility index (Phi) is 5.08. The van der Waals surface area contributed by atoms with Crippen LogP contribution in [0.1, 0.15) is 18.1 Å². The number of carbonyl (C=O) groups excluding carboxylic acids is 1. The molecule has 4 nitrogen and oxygen atoms in total. The minimum atomic E-state index is -0.250. The lowest BCUT2D eigenvalue weighted by molar-refractivity contribution is 0.262. The number of nitrogens with one attached hydrogen (secondary N) is 2. The molecule has 0 saturated carbocycles. The normalized spacial score (nSPS) is 10.8. The summed E-state index contributed by atoms with van der Waals surface area (Å²) in [6.45, 7) is 4.10. The van der Waals surface area contributed by atoms with Gasteiger partial charge in [0.25, 0.3) is 0 Å². The van der Waals surface area contributed by atoms with Crippen LogP contribution < -0.4 is 10.6 Å². The SMILES string of the molecule is CCc1ccc(NC(=O)Nc2ccc(-c3nc4ccccc4s3)cc2C)cc1. The lowest BCUT2D eigenvalue weighted by Crippen LogP contribution is -2.19. The van der Waals surface area contributed by atoms with Crippen LogP contribution in [0.15, 0.2) is 66.7 Å². The van der Waals surface area contributed by atoms with Gasteiger partial charge in [0, 0.05) is 16.9 Å². The third-order valence-electron chi connectivity index (χ3n) is 4.64. The van der Waals surface area contributed by atoms with Gasteiger partial charge in [0.1, 0.15) is 5.01 Å². The minimum Gasteiger partial charge on any atom is -0.308 e. The van der Waals surface area contributed by atoms with E-state index in [1.165, 1.54) is 10.3 Å². The summed E-state index contributed by atoms with van der Waals surface area (Å²) in [4.78, 5) is 17.0. The molecular weight excluding hydrogens is 366 g/mol. The van der Waals surface area contributed by atoms with Crippen LogP contribution in [0.5, 0.6) is 0 Å². The minimum absolute atomic E-state index is 0.250. The van der Waals surface area contributed by atoms with Gasteiger partial charge in [0.2, 0.25) is 0 Å². The van der Waals surface area contributed by atoms with Crippen molar-refractivity contribution in [2.24, 2.45) is 0 Å². The third-order valence-corrected chi connectivity index (χ3v) is 5.72. The highest BCUT2D eigenvalue weighted by Gasteiger charge is 2.10. The molecule has 2 amide bonds. The van der Waals surface area contributed by atoms with E-state index in [4.69, 9.17) is 4.98 Å². The number of amides is 2. The molecular formula is C23H21N3OS. The molecule has 5 heteroatoms. The quantitative estimate of drug-likeness (QED) is 0.421. The number of rotatable bonds is 4. The summed E-state index contributed by atoms with van der Waals surface area (Å²) in [5.74, 6) is 0. The van der Waals surface area contributed by atoms with Crippen LogP contribution >= 0.6 is 11.3 Å². The van der Waals surface area contributed by atoms with E-state index in [9.17, 15) is 4.79 Å². The molecule has 0 bridgehead atoms. The Morgan fingerprint density at radius 2 is 1.79 bits per heavy atom. The molecule has 1 aromatic heterocycles. The zero-order chi connectivity index (χ0) is 19.5. The molecule has 140 valence electrons. The van der Waals surface area contributed by atoms with Crippen LogP contribution in [0.2, 0.25) is 0 Å². The Bertz CT molecular complexity index is 1100. The van der Waals surface area contributed by atoms with Crippen LogP contribution in [-0.2, 0) is 6.42 Å². The van der Waals surface area contributed by atoms with E-state index in [-0.39, 0.29) is 6.03 Å². The smallest absolute Gasteiger partial charge is 0.308 e. The van der Waals surface area contributed by atoms with Gasteiger partial charge >= 0.3 is 6.03 Å². The summed E-state index contributed by atoms with van der Waals surface area (Å²) < 4.78 is 1.17. The number of hydrogen-bond donors (Lipinski definition) is 2. The largest absolute Gasteiger partial charge is 0.323 e. The number of thiazole rings is 1. The van der Waals surface area contributed by atoms with Gasteiger partial charge in [-0.25, -0.2) is 9.78 Å². The molecule has 0 atom stereocenters. The predicted molar refractivity (Wildman–Crippen MR) is 118 cm³/mol. The fourth-order valence-electron chi connectivity index (χ4n) is 3.04. The Balaban J connectivity index is 1.48. The van der Waals surface area contributed by atoms with Crippen molar-refractivity contribution in [3.8, 4) is 10.6 Å². The van der Waals surface area contributed by atoms with Gasteiger partial charge in [-0.2, -0.15) is 0 Å². The molecule has 0 saturated heterocycles. The van der Waals surface area contributed by atoms with E-state index in [0.717, 1.165) is 39.4 Å². The summed E-state index contributed by atoms with van der Waals surface area (Å²) in [7, 11) is 0. The van der Waals surface area contributed by atoms with E-state index in [1.54, 1.807) is 11.3 Å². The van der Waals surface area contributed by atoms with Crippen molar-refractivity contribution in [2.45, 2.75) is 20.3 Å². The molecule has 4 aromatic rings. The molecule has 0 aliphatic rings. The van der Waals surface area contributed by atoms with Gasteiger partial charge in [-0.15, -0.1) is 11.3 Å². The second-order valence-corrected chi connectivity index (χ2v) is 7.68. The molecule has 2 N–H and O–H groups in total. The number of nitrogens with zero attached hydrogens (tertiary/aromatic N) is 1. The summed E-state index contributed by atoms with van der Waals surface area (Å²) >= 11 is 1.67. The first kappa shape index (κ1) is 18.2. The number of aromatic nitrogens is 1. The van der Waals surface area contributed by atoms with Crippen molar-refractivity contribution in [1.82, 2.24) is 4.98 Å². The molecule has 0 spiro atoms. The first-order valence-corrected chi connectivity index (χ1v) is 10.1. The van der Waals surface area contributed by atoms with E-state index in [1.807, 2.05) is 61.5 Å². The van der Waals surface area contributed by atoms with Crippen molar-refractivity contribution in [2.75, 3.05) is 10.6 Å². The molecule has 0 aliphatic carbocycles. The summed E-state index contributed by atoms with van der Waals surface area (Å²) in [6.07, 6.45) is 0.979. The van der Waals surface area contributed by atoms with Gasteiger partial charge in [-0.05, 0) is 66.9 Å². The molecule has 1 heterocycles. The van der Waals surface area contributed by atoms with Crippen molar-refractivity contribution in [3.63, 3.8) is 0 Å². The number of anilines is 2. The molecule has 0 aliphatic heterocycles. The maximum absolute atomic E-state index is 12.3. The van der Waals surface area contributed by atoms with Crippen molar-refractivity contribution in [3.05, 3.63) is 77.9 Å². The van der Waals surface area contributed by atoms with E-state index >= 15 is 0 Å². The van der Waals surface area contributed by atoms with Gasteiger partial charge < -0.3 is 10.6 Å². The standard InChI is InChI=1S/C23H21N3OS/c1-3-16-8-11-18(12-9-16)24-23(27)26-19-13-10-17(14-15(19)2)22-25-20-6-4-5-7-21(20)28-22/h4-14H,3H2,1-2H3,(H2,24,26,27).